The SMILES string of the molecule is C=CC(=O)SCC1CSC(CCC2SCC(CSC(=O)C(=C)C)S2)S1. The topological polar surface area (TPSA) is 34.1 Å². The summed E-state index contributed by atoms with van der Waals surface area (Å²) in [4.78, 5) is 22.9. The van der Waals surface area contributed by atoms with Gasteiger partial charge in [-0.15, -0.1) is 47.0 Å². The summed E-state index contributed by atoms with van der Waals surface area (Å²) in [6.45, 7) is 9.01. The Bertz CT molecular complexity index is 509. The first-order chi connectivity index (χ1) is 12.0. The smallest absolute Gasteiger partial charge is 0.214 e. The quantitative estimate of drug-likeness (QED) is 0.430. The minimum Gasteiger partial charge on any atom is -0.282 e. The Morgan fingerprint density at radius 1 is 1.04 bits per heavy atom. The molecule has 2 heterocycles. The summed E-state index contributed by atoms with van der Waals surface area (Å²) in [5.41, 5.74) is 0.648. The number of hydrogen-bond acceptors (Lipinski definition) is 8. The zero-order valence-electron chi connectivity index (χ0n) is 14.3. The van der Waals surface area contributed by atoms with E-state index < -0.39 is 0 Å². The van der Waals surface area contributed by atoms with Gasteiger partial charge in [-0.1, -0.05) is 36.7 Å². The molecule has 0 bridgehead atoms. The molecule has 25 heavy (non-hydrogen) atoms. The number of carbonyl (C=O) groups excluding carboxylic acids is 2. The fourth-order valence-corrected chi connectivity index (χ4v) is 11.2. The molecule has 2 aliphatic heterocycles. The van der Waals surface area contributed by atoms with Gasteiger partial charge in [-0.05, 0) is 31.4 Å². The summed E-state index contributed by atoms with van der Waals surface area (Å²) in [7, 11) is 0. The lowest BCUT2D eigenvalue weighted by atomic mass is 10.4. The van der Waals surface area contributed by atoms with Crippen LogP contribution in [0.1, 0.15) is 19.8 Å². The second kappa shape index (κ2) is 11.7. The highest BCUT2D eigenvalue weighted by atomic mass is 32.2. The summed E-state index contributed by atoms with van der Waals surface area (Å²) < 4.78 is 1.34. The van der Waals surface area contributed by atoms with Crippen molar-refractivity contribution in [2.75, 3.05) is 23.0 Å². The van der Waals surface area contributed by atoms with Crippen LogP contribution in [0.4, 0.5) is 0 Å². The molecule has 2 saturated heterocycles. The molecule has 0 aromatic heterocycles. The minimum absolute atomic E-state index is 0.0850. The molecule has 0 amide bonds. The van der Waals surface area contributed by atoms with Crippen LogP contribution in [0.25, 0.3) is 0 Å². The molecule has 0 N–H and O–H groups in total. The molecule has 0 spiro atoms. The Morgan fingerprint density at radius 2 is 1.56 bits per heavy atom. The van der Waals surface area contributed by atoms with Gasteiger partial charge in [0.15, 0.2) is 0 Å². The van der Waals surface area contributed by atoms with E-state index in [0.29, 0.717) is 25.2 Å². The first kappa shape index (κ1) is 22.2. The zero-order valence-corrected chi connectivity index (χ0v) is 19.2. The molecule has 0 radical (unpaired) electrons. The van der Waals surface area contributed by atoms with E-state index in [1.165, 1.54) is 42.4 Å². The van der Waals surface area contributed by atoms with Crippen molar-refractivity contribution in [3.05, 3.63) is 24.8 Å². The summed E-state index contributed by atoms with van der Waals surface area (Å²) >= 11 is 11.0. The first-order valence-corrected chi connectivity index (χ1v) is 14.1. The maximum atomic E-state index is 11.6. The molecule has 140 valence electrons. The van der Waals surface area contributed by atoms with E-state index in [0.717, 1.165) is 23.0 Å². The lowest BCUT2D eigenvalue weighted by molar-refractivity contribution is -0.108. The van der Waals surface area contributed by atoms with Crippen LogP contribution in [0.5, 0.6) is 0 Å². The minimum atomic E-state index is 0.0850. The molecule has 0 aromatic carbocycles. The maximum absolute atomic E-state index is 11.6. The number of thioether (sulfide) groups is 6. The molecule has 0 aromatic rings. The van der Waals surface area contributed by atoms with Crippen LogP contribution in [-0.4, -0.2) is 52.9 Å². The number of carbonyl (C=O) groups is 2. The monoisotopic (exact) mass is 452 g/mol. The number of rotatable bonds is 9. The molecular formula is C17H24O2S6. The van der Waals surface area contributed by atoms with E-state index in [2.05, 4.69) is 13.2 Å². The van der Waals surface area contributed by atoms with Gasteiger partial charge >= 0.3 is 0 Å². The van der Waals surface area contributed by atoms with Gasteiger partial charge in [0.2, 0.25) is 10.2 Å². The lowest BCUT2D eigenvalue weighted by Gasteiger charge is -2.13. The molecule has 0 saturated carbocycles. The van der Waals surface area contributed by atoms with Gasteiger partial charge in [0.25, 0.3) is 0 Å². The van der Waals surface area contributed by atoms with Gasteiger partial charge in [-0.2, -0.15) is 0 Å². The van der Waals surface area contributed by atoms with Crippen molar-refractivity contribution in [1.29, 1.82) is 0 Å². The molecular weight excluding hydrogens is 429 g/mol. The Morgan fingerprint density at radius 3 is 2.04 bits per heavy atom. The van der Waals surface area contributed by atoms with E-state index >= 15 is 0 Å². The standard InChI is InChI=1S/C17H24O2S6/c1-4-14(18)20-7-12-8-21-15(24-12)5-6-16-22-9-13(25-16)10-23-17(19)11(2)3/h4,12-13,15-16H,1-2,5-10H2,3H3. The van der Waals surface area contributed by atoms with Gasteiger partial charge in [-0.3, -0.25) is 9.59 Å². The molecule has 2 aliphatic rings. The average molecular weight is 453 g/mol. The summed E-state index contributed by atoms with van der Waals surface area (Å²) in [5, 5.41) is 1.39. The third-order valence-electron chi connectivity index (χ3n) is 3.59. The summed E-state index contributed by atoms with van der Waals surface area (Å²) in [6, 6.07) is 0. The van der Waals surface area contributed by atoms with Gasteiger partial charge < -0.3 is 0 Å². The second-order valence-corrected chi connectivity index (χ2v) is 13.9. The predicted molar refractivity (Wildman–Crippen MR) is 124 cm³/mol. The summed E-state index contributed by atoms with van der Waals surface area (Å²) in [6.07, 6.45) is 3.88. The van der Waals surface area contributed by atoms with E-state index in [-0.39, 0.29) is 10.2 Å². The van der Waals surface area contributed by atoms with Crippen molar-refractivity contribution in [3.8, 4) is 0 Å². The highest BCUT2D eigenvalue weighted by Gasteiger charge is 2.30. The first-order valence-electron chi connectivity index (χ1n) is 8.14. The molecule has 8 heteroatoms. The van der Waals surface area contributed by atoms with Crippen molar-refractivity contribution in [2.24, 2.45) is 0 Å². The van der Waals surface area contributed by atoms with Crippen molar-refractivity contribution in [2.45, 2.75) is 39.4 Å². The summed E-state index contributed by atoms with van der Waals surface area (Å²) in [5.74, 6) is 4.12. The Kier molecular flexibility index (Phi) is 10.4. The molecule has 2 nitrogen and oxygen atoms in total. The van der Waals surface area contributed by atoms with Gasteiger partial charge in [0.1, 0.15) is 0 Å². The van der Waals surface area contributed by atoms with Crippen molar-refractivity contribution < 1.29 is 9.59 Å². The van der Waals surface area contributed by atoms with E-state index in [9.17, 15) is 9.59 Å². The van der Waals surface area contributed by atoms with E-state index in [1.54, 1.807) is 6.92 Å². The van der Waals surface area contributed by atoms with E-state index in [4.69, 9.17) is 0 Å². The van der Waals surface area contributed by atoms with Crippen LogP contribution in [0.3, 0.4) is 0 Å². The highest BCUT2D eigenvalue weighted by Crippen LogP contribution is 2.46. The Balaban J connectivity index is 1.58. The van der Waals surface area contributed by atoms with Crippen LogP contribution < -0.4 is 0 Å². The largest absolute Gasteiger partial charge is 0.282 e. The normalized spacial score (nSPS) is 28.8. The van der Waals surface area contributed by atoms with Crippen LogP contribution in [0.2, 0.25) is 0 Å². The third-order valence-corrected chi connectivity index (χ3v) is 13.0. The van der Waals surface area contributed by atoms with Crippen LogP contribution in [0, 0.1) is 0 Å². The third kappa shape index (κ3) is 8.21. The van der Waals surface area contributed by atoms with Crippen LogP contribution in [-0.2, 0) is 9.59 Å². The fraction of sp³-hybridized carbons (Fsp3) is 0.647. The second-order valence-electron chi connectivity index (χ2n) is 5.83. The zero-order chi connectivity index (χ0) is 18.2. The van der Waals surface area contributed by atoms with Gasteiger partial charge in [0.05, 0.1) is 9.16 Å². The van der Waals surface area contributed by atoms with E-state index in [1.807, 2.05) is 47.0 Å². The molecule has 4 unspecified atom stereocenters. The highest BCUT2D eigenvalue weighted by molar-refractivity contribution is 8.22. The Hall–Kier alpha value is 0.920. The van der Waals surface area contributed by atoms with Gasteiger partial charge in [0, 0.05) is 33.5 Å². The molecule has 0 aliphatic carbocycles. The van der Waals surface area contributed by atoms with Crippen LogP contribution >= 0.6 is 70.6 Å². The fourth-order valence-electron chi connectivity index (χ4n) is 2.29. The van der Waals surface area contributed by atoms with Gasteiger partial charge in [-0.25, -0.2) is 0 Å². The van der Waals surface area contributed by atoms with Crippen molar-refractivity contribution in [3.63, 3.8) is 0 Å². The molecule has 4 atom stereocenters. The maximum Gasteiger partial charge on any atom is 0.214 e. The Labute approximate surface area is 176 Å². The molecule has 2 fully saturated rings. The molecule has 2 rings (SSSR count). The van der Waals surface area contributed by atoms with Crippen LogP contribution in [0.15, 0.2) is 24.8 Å². The average Bonchev–Trinajstić information content (AvgIpc) is 3.24. The van der Waals surface area contributed by atoms with Crippen molar-refractivity contribution in [1.82, 2.24) is 0 Å². The predicted octanol–water partition coefficient (Wildman–Crippen LogP) is 5.40. The number of hydrogen-bond donors (Lipinski definition) is 0. The lowest BCUT2D eigenvalue weighted by Crippen LogP contribution is -2.08. The van der Waals surface area contributed by atoms with Crippen molar-refractivity contribution >= 4 is 80.8 Å².